The van der Waals surface area contributed by atoms with Crippen LogP contribution in [-0.4, -0.2) is 55.7 Å². The lowest BCUT2D eigenvalue weighted by Gasteiger charge is -2.36. The third-order valence-corrected chi connectivity index (χ3v) is 3.75. The standard InChI is InChI=1S/C16H21FN2O3/c1-22-11-9-18-15(21)16(17)8-5-10-19(12-16)14(20)13-6-3-2-4-7-13/h2-4,6-7H,5,8-12H2,1H3,(H,18,21). The molecule has 0 spiro atoms. The molecule has 6 heteroatoms. The predicted octanol–water partition coefficient (Wildman–Crippen LogP) is 1.39. The van der Waals surface area contributed by atoms with E-state index in [0.717, 1.165) is 0 Å². The normalized spacial score (nSPS) is 21.5. The first-order chi connectivity index (χ1) is 10.6. The lowest BCUT2D eigenvalue weighted by molar-refractivity contribution is -0.136. The summed E-state index contributed by atoms with van der Waals surface area (Å²) in [6.45, 7) is 0.840. The van der Waals surface area contributed by atoms with Gasteiger partial charge in [-0.05, 0) is 25.0 Å². The van der Waals surface area contributed by atoms with Gasteiger partial charge < -0.3 is 15.0 Å². The molecule has 1 unspecified atom stereocenters. The number of halogens is 1. The van der Waals surface area contributed by atoms with Crippen LogP contribution in [-0.2, 0) is 9.53 Å². The van der Waals surface area contributed by atoms with E-state index in [-0.39, 0.29) is 25.4 Å². The Morgan fingerprint density at radius 3 is 2.77 bits per heavy atom. The van der Waals surface area contributed by atoms with Crippen LogP contribution in [0.3, 0.4) is 0 Å². The maximum absolute atomic E-state index is 14.9. The smallest absolute Gasteiger partial charge is 0.259 e. The van der Waals surface area contributed by atoms with Crippen LogP contribution in [0.4, 0.5) is 4.39 Å². The van der Waals surface area contributed by atoms with Gasteiger partial charge in [0.05, 0.1) is 13.2 Å². The van der Waals surface area contributed by atoms with E-state index in [0.29, 0.717) is 25.1 Å². The lowest BCUT2D eigenvalue weighted by Crippen LogP contribution is -2.56. The first-order valence-corrected chi connectivity index (χ1v) is 7.37. The van der Waals surface area contributed by atoms with Gasteiger partial charge in [0, 0.05) is 25.8 Å². The maximum Gasteiger partial charge on any atom is 0.259 e. The maximum atomic E-state index is 14.9. The summed E-state index contributed by atoms with van der Waals surface area (Å²) >= 11 is 0. The van der Waals surface area contributed by atoms with Gasteiger partial charge in [-0.3, -0.25) is 9.59 Å². The molecule has 1 aliphatic rings. The molecule has 1 atom stereocenters. The molecule has 1 aromatic carbocycles. The van der Waals surface area contributed by atoms with Crippen molar-refractivity contribution in [3.63, 3.8) is 0 Å². The van der Waals surface area contributed by atoms with Crippen molar-refractivity contribution in [1.82, 2.24) is 10.2 Å². The summed E-state index contributed by atoms with van der Waals surface area (Å²) < 4.78 is 19.7. The molecule has 2 rings (SSSR count). The van der Waals surface area contributed by atoms with Crippen molar-refractivity contribution in [1.29, 1.82) is 0 Å². The lowest BCUT2D eigenvalue weighted by atomic mass is 9.93. The second-order valence-electron chi connectivity index (χ2n) is 5.41. The van der Waals surface area contributed by atoms with Crippen molar-refractivity contribution in [2.24, 2.45) is 0 Å². The number of rotatable bonds is 5. The first-order valence-electron chi connectivity index (χ1n) is 7.37. The Balaban J connectivity index is 2.01. The van der Waals surface area contributed by atoms with Crippen LogP contribution in [0.1, 0.15) is 23.2 Å². The molecule has 5 nitrogen and oxygen atoms in total. The second-order valence-corrected chi connectivity index (χ2v) is 5.41. The van der Waals surface area contributed by atoms with E-state index < -0.39 is 11.6 Å². The van der Waals surface area contributed by atoms with Gasteiger partial charge in [-0.15, -0.1) is 0 Å². The number of carbonyl (C=O) groups excluding carboxylic acids is 2. The molecule has 0 radical (unpaired) electrons. The monoisotopic (exact) mass is 308 g/mol. The molecule has 0 aliphatic carbocycles. The zero-order chi connectivity index (χ0) is 16.0. The molecule has 22 heavy (non-hydrogen) atoms. The van der Waals surface area contributed by atoms with Gasteiger partial charge in [0.1, 0.15) is 0 Å². The Bertz CT molecular complexity index is 523. The number of alkyl halides is 1. The number of methoxy groups -OCH3 is 1. The fraction of sp³-hybridized carbons (Fsp3) is 0.500. The fourth-order valence-corrected chi connectivity index (χ4v) is 2.56. The number of nitrogens with zero attached hydrogens (tertiary/aromatic N) is 1. The van der Waals surface area contributed by atoms with Gasteiger partial charge in [0.25, 0.3) is 11.8 Å². The SMILES string of the molecule is COCCNC(=O)C1(F)CCCN(C(=O)c2ccccc2)C1. The van der Waals surface area contributed by atoms with E-state index in [4.69, 9.17) is 4.74 Å². The van der Waals surface area contributed by atoms with E-state index in [1.807, 2.05) is 6.07 Å². The van der Waals surface area contributed by atoms with Gasteiger partial charge in [-0.2, -0.15) is 0 Å². The van der Waals surface area contributed by atoms with Crippen molar-refractivity contribution < 1.29 is 18.7 Å². The topological polar surface area (TPSA) is 58.6 Å². The van der Waals surface area contributed by atoms with Crippen molar-refractivity contribution in [2.45, 2.75) is 18.5 Å². The van der Waals surface area contributed by atoms with Gasteiger partial charge in [-0.1, -0.05) is 18.2 Å². The van der Waals surface area contributed by atoms with Crippen LogP contribution >= 0.6 is 0 Å². The molecule has 1 saturated heterocycles. The highest BCUT2D eigenvalue weighted by molar-refractivity contribution is 5.95. The Morgan fingerprint density at radius 2 is 2.09 bits per heavy atom. The largest absolute Gasteiger partial charge is 0.383 e. The molecule has 0 saturated carbocycles. The average Bonchev–Trinajstić information content (AvgIpc) is 2.55. The first kappa shape index (κ1) is 16.4. The average molecular weight is 308 g/mol. The van der Waals surface area contributed by atoms with E-state index in [1.54, 1.807) is 24.3 Å². The number of ether oxygens (including phenoxy) is 1. The van der Waals surface area contributed by atoms with E-state index in [2.05, 4.69) is 5.32 Å². The molecular weight excluding hydrogens is 287 g/mol. The molecule has 0 bridgehead atoms. The second kappa shape index (κ2) is 7.35. The molecule has 1 fully saturated rings. The molecule has 1 N–H and O–H groups in total. The van der Waals surface area contributed by atoms with Gasteiger partial charge in [0.2, 0.25) is 5.67 Å². The summed E-state index contributed by atoms with van der Waals surface area (Å²) in [6.07, 6.45) is 0.594. The van der Waals surface area contributed by atoms with E-state index in [9.17, 15) is 14.0 Å². The summed E-state index contributed by atoms with van der Waals surface area (Å²) in [5.74, 6) is -0.915. The van der Waals surface area contributed by atoms with Crippen molar-refractivity contribution in [2.75, 3.05) is 33.4 Å². The van der Waals surface area contributed by atoms with Crippen LogP contribution in [0, 0.1) is 0 Å². The summed E-state index contributed by atoms with van der Waals surface area (Å²) in [6, 6.07) is 8.72. The summed E-state index contributed by atoms with van der Waals surface area (Å²) in [5, 5.41) is 2.52. The number of nitrogens with one attached hydrogen (secondary N) is 1. The van der Waals surface area contributed by atoms with Crippen molar-refractivity contribution in [3.05, 3.63) is 35.9 Å². The number of hydrogen-bond donors (Lipinski definition) is 1. The summed E-state index contributed by atoms with van der Waals surface area (Å²) in [4.78, 5) is 25.8. The van der Waals surface area contributed by atoms with Crippen molar-refractivity contribution >= 4 is 11.8 Å². The number of hydrogen-bond acceptors (Lipinski definition) is 3. The van der Waals surface area contributed by atoms with Crippen LogP contribution in [0.5, 0.6) is 0 Å². The highest BCUT2D eigenvalue weighted by Gasteiger charge is 2.43. The summed E-state index contributed by atoms with van der Waals surface area (Å²) in [7, 11) is 1.51. The highest BCUT2D eigenvalue weighted by Crippen LogP contribution is 2.26. The van der Waals surface area contributed by atoms with Gasteiger partial charge >= 0.3 is 0 Å². The molecule has 1 heterocycles. The predicted molar refractivity (Wildman–Crippen MR) is 80.3 cm³/mol. The van der Waals surface area contributed by atoms with Gasteiger partial charge in [-0.25, -0.2) is 4.39 Å². The number of amides is 2. The summed E-state index contributed by atoms with van der Waals surface area (Å²) in [5.41, 5.74) is -1.53. The van der Waals surface area contributed by atoms with Crippen LogP contribution < -0.4 is 5.32 Å². The number of benzene rings is 1. The Hall–Kier alpha value is -1.95. The van der Waals surface area contributed by atoms with Crippen LogP contribution in [0.15, 0.2) is 30.3 Å². The van der Waals surface area contributed by atoms with E-state index in [1.165, 1.54) is 12.0 Å². The van der Waals surface area contributed by atoms with Crippen LogP contribution in [0.2, 0.25) is 0 Å². The zero-order valence-corrected chi connectivity index (χ0v) is 12.7. The molecule has 0 aromatic heterocycles. The third-order valence-electron chi connectivity index (χ3n) is 3.75. The molecule has 1 aliphatic heterocycles. The fourth-order valence-electron chi connectivity index (χ4n) is 2.56. The Kier molecular flexibility index (Phi) is 5.49. The minimum absolute atomic E-state index is 0.129. The zero-order valence-electron chi connectivity index (χ0n) is 12.7. The third kappa shape index (κ3) is 3.82. The quantitative estimate of drug-likeness (QED) is 0.836. The molecule has 2 amide bonds. The number of likely N-dealkylation sites (tertiary alicyclic amines) is 1. The highest BCUT2D eigenvalue weighted by atomic mass is 19.1. The number of carbonyl (C=O) groups is 2. The molecule has 120 valence electrons. The molecule has 1 aromatic rings. The van der Waals surface area contributed by atoms with Crippen molar-refractivity contribution in [3.8, 4) is 0 Å². The molecular formula is C16H21FN2O3. The minimum atomic E-state index is -2.03. The van der Waals surface area contributed by atoms with Crippen LogP contribution in [0.25, 0.3) is 0 Å². The number of piperidine rings is 1. The van der Waals surface area contributed by atoms with E-state index >= 15 is 0 Å². The minimum Gasteiger partial charge on any atom is -0.383 e. The van der Waals surface area contributed by atoms with Gasteiger partial charge in [0.15, 0.2) is 0 Å². The Morgan fingerprint density at radius 1 is 1.36 bits per heavy atom. The Labute approximate surface area is 129 Å².